The van der Waals surface area contributed by atoms with Crippen LogP contribution >= 0.6 is 0 Å². The van der Waals surface area contributed by atoms with Gasteiger partial charge in [0, 0.05) is 11.6 Å². The van der Waals surface area contributed by atoms with Crippen LogP contribution in [0.25, 0.3) is 5.57 Å². The molecule has 0 amide bonds. The van der Waals surface area contributed by atoms with Gasteiger partial charge in [0.15, 0.2) is 0 Å². The van der Waals surface area contributed by atoms with Gasteiger partial charge in [-0.15, -0.1) is 0 Å². The lowest BCUT2D eigenvalue weighted by Gasteiger charge is -1.97. The fourth-order valence-electron chi connectivity index (χ4n) is 1.18. The van der Waals surface area contributed by atoms with Crippen LogP contribution in [0.1, 0.15) is 25.8 Å². The molecule has 1 aromatic rings. The molecular formula is C17H19NO2. The lowest BCUT2D eigenvalue weighted by atomic mass is 10.1. The summed E-state index contributed by atoms with van der Waals surface area (Å²) in [4.78, 5) is 9.83. The summed E-state index contributed by atoms with van der Waals surface area (Å²) < 4.78 is 0. The SMILES string of the molecule is C=C(CC)C(=O)O.CC(=CC=CC#N)c1ccccc1. The van der Waals surface area contributed by atoms with Gasteiger partial charge in [-0.1, -0.05) is 56.0 Å². The zero-order chi connectivity index (χ0) is 15.4. The van der Waals surface area contributed by atoms with Crippen LogP contribution in [-0.2, 0) is 4.79 Å². The van der Waals surface area contributed by atoms with Crippen LogP contribution < -0.4 is 0 Å². The van der Waals surface area contributed by atoms with Crippen LogP contribution in [0.15, 0.2) is 60.7 Å². The molecule has 0 aliphatic carbocycles. The minimum Gasteiger partial charge on any atom is -0.478 e. The van der Waals surface area contributed by atoms with Crippen molar-refractivity contribution in [3.63, 3.8) is 0 Å². The average molecular weight is 269 g/mol. The highest BCUT2D eigenvalue weighted by Crippen LogP contribution is 2.12. The van der Waals surface area contributed by atoms with Gasteiger partial charge in [-0.25, -0.2) is 4.79 Å². The second kappa shape index (κ2) is 10.3. The summed E-state index contributed by atoms with van der Waals surface area (Å²) in [6, 6.07) is 12.0. The van der Waals surface area contributed by atoms with Crippen LogP contribution in [0, 0.1) is 11.3 Å². The first kappa shape index (κ1) is 17.4. The normalized spacial score (nSPS) is 10.3. The molecule has 20 heavy (non-hydrogen) atoms. The number of nitrogens with zero attached hydrogens (tertiary/aromatic N) is 1. The Morgan fingerprint density at radius 1 is 1.40 bits per heavy atom. The van der Waals surface area contributed by atoms with Crippen molar-refractivity contribution >= 4 is 11.5 Å². The first-order chi connectivity index (χ1) is 9.52. The standard InChI is InChI=1S/C12H11N.C5H8O2/c1-11(7-5-6-10-13)12-8-3-2-4-9-12;1-3-4(2)5(6)7/h2-9H,1H3;2-3H2,1H3,(H,6,7). The molecule has 0 atom stereocenters. The maximum Gasteiger partial charge on any atom is 0.330 e. The number of carboxylic acids is 1. The van der Waals surface area contributed by atoms with E-state index in [-0.39, 0.29) is 5.57 Å². The van der Waals surface area contributed by atoms with Crippen molar-refractivity contribution in [1.29, 1.82) is 5.26 Å². The minimum atomic E-state index is -0.900. The Labute approximate surface area is 120 Å². The van der Waals surface area contributed by atoms with Gasteiger partial charge >= 0.3 is 5.97 Å². The first-order valence-electron chi connectivity index (χ1n) is 6.22. The molecule has 0 aliphatic rings. The highest BCUT2D eigenvalue weighted by molar-refractivity contribution is 5.85. The summed E-state index contributed by atoms with van der Waals surface area (Å²) in [5.41, 5.74) is 2.61. The number of carboxylic acid groups (broad SMARTS) is 1. The van der Waals surface area contributed by atoms with E-state index in [9.17, 15) is 4.79 Å². The van der Waals surface area contributed by atoms with Crippen LogP contribution in [-0.4, -0.2) is 11.1 Å². The number of rotatable bonds is 4. The van der Waals surface area contributed by atoms with Gasteiger partial charge < -0.3 is 5.11 Å². The zero-order valence-corrected chi connectivity index (χ0v) is 11.8. The fraction of sp³-hybridized carbons (Fsp3) is 0.176. The predicted molar refractivity (Wildman–Crippen MR) is 81.9 cm³/mol. The highest BCUT2D eigenvalue weighted by atomic mass is 16.4. The monoisotopic (exact) mass is 269 g/mol. The average Bonchev–Trinajstić information content (AvgIpc) is 2.48. The second-order valence-electron chi connectivity index (χ2n) is 3.97. The van der Waals surface area contributed by atoms with Gasteiger partial charge in [-0.2, -0.15) is 5.26 Å². The molecule has 0 bridgehead atoms. The van der Waals surface area contributed by atoms with E-state index in [4.69, 9.17) is 10.4 Å². The third-order valence-electron chi connectivity index (χ3n) is 2.48. The van der Waals surface area contributed by atoms with E-state index < -0.39 is 5.97 Å². The molecule has 3 nitrogen and oxygen atoms in total. The highest BCUT2D eigenvalue weighted by Gasteiger charge is 1.96. The summed E-state index contributed by atoms with van der Waals surface area (Å²) in [6.45, 7) is 7.06. The van der Waals surface area contributed by atoms with Crippen LogP contribution in [0.3, 0.4) is 0 Å². The van der Waals surface area contributed by atoms with E-state index in [1.54, 1.807) is 13.0 Å². The van der Waals surface area contributed by atoms with Crippen LogP contribution in [0.5, 0.6) is 0 Å². The van der Waals surface area contributed by atoms with Crippen molar-refractivity contribution in [1.82, 2.24) is 0 Å². The lowest BCUT2D eigenvalue weighted by Crippen LogP contribution is -1.95. The second-order valence-corrected chi connectivity index (χ2v) is 3.97. The number of benzene rings is 1. The molecule has 0 saturated heterocycles. The smallest absolute Gasteiger partial charge is 0.330 e. The molecule has 1 N–H and O–H groups in total. The Morgan fingerprint density at radius 2 is 2.00 bits per heavy atom. The number of carbonyl (C=O) groups is 1. The lowest BCUT2D eigenvalue weighted by molar-refractivity contribution is -0.132. The van der Waals surface area contributed by atoms with Crippen molar-refractivity contribution in [3.05, 3.63) is 66.3 Å². The van der Waals surface area contributed by atoms with E-state index >= 15 is 0 Å². The van der Waals surface area contributed by atoms with Gasteiger partial charge in [-0.3, -0.25) is 0 Å². The molecular weight excluding hydrogens is 250 g/mol. The van der Waals surface area contributed by atoms with E-state index in [1.807, 2.05) is 49.4 Å². The molecule has 1 rings (SSSR count). The molecule has 0 fully saturated rings. The van der Waals surface area contributed by atoms with Crippen molar-refractivity contribution in [3.8, 4) is 6.07 Å². The number of aliphatic carboxylic acids is 1. The zero-order valence-electron chi connectivity index (χ0n) is 11.8. The third kappa shape index (κ3) is 7.67. The number of allylic oxidation sites excluding steroid dienone is 4. The number of nitriles is 1. The largest absolute Gasteiger partial charge is 0.478 e. The van der Waals surface area contributed by atoms with Gasteiger partial charge in [-0.05, 0) is 24.5 Å². The maximum atomic E-state index is 9.83. The molecule has 3 heteroatoms. The van der Waals surface area contributed by atoms with E-state index in [2.05, 4.69) is 6.58 Å². The Hall–Kier alpha value is -2.60. The minimum absolute atomic E-state index is 0.264. The van der Waals surface area contributed by atoms with E-state index in [0.29, 0.717) is 6.42 Å². The molecule has 0 aliphatic heterocycles. The van der Waals surface area contributed by atoms with E-state index in [0.717, 1.165) is 5.57 Å². The topological polar surface area (TPSA) is 61.1 Å². The molecule has 0 radical (unpaired) electrons. The molecule has 0 saturated carbocycles. The Balaban J connectivity index is 0.000000441. The van der Waals surface area contributed by atoms with Crippen molar-refractivity contribution in [2.45, 2.75) is 20.3 Å². The summed E-state index contributed by atoms with van der Waals surface area (Å²) in [5, 5.41) is 16.4. The summed E-state index contributed by atoms with van der Waals surface area (Å²) in [5.74, 6) is -0.900. The van der Waals surface area contributed by atoms with Gasteiger partial charge in [0.25, 0.3) is 0 Å². The first-order valence-corrected chi connectivity index (χ1v) is 6.22. The predicted octanol–water partition coefficient (Wildman–Crippen LogP) is 4.21. The summed E-state index contributed by atoms with van der Waals surface area (Å²) in [7, 11) is 0. The Morgan fingerprint density at radius 3 is 2.40 bits per heavy atom. The van der Waals surface area contributed by atoms with E-state index in [1.165, 1.54) is 11.6 Å². The Bertz CT molecular complexity index is 534. The van der Waals surface area contributed by atoms with Gasteiger partial charge in [0.2, 0.25) is 0 Å². The molecule has 104 valence electrons. The third-order valence-corrected chi connectivity index (χ3v) is 2.48. The number of hydrogen-bond donors (Lipinski definition) is 1. The molecule has 0 aromatic heterocycles. The number of hydrogen-bond acceptors (Lipinski definition) is 2. The quantitative estimate of drug-likeness (QED) is 0.506. The van der Waals surface area contributed by atoms with Crippen molar-refractivity contribution < 1.29 is 9.90 Å². The van der Waals surface area contributed by atoms with Crippen molar-refractivity contribution in [2.75, 3.05) is 0 Å². The van der Waals surface area contributed by atoms with Crippen molar-refractivity contribution in [2.24, 2.45) is 0 Å². The fourth-order valence-corrected chi connectivity index (χ4v) is 1.18. The summed E-state index contributed by atoms with van der Waals surface area (Å²) in [6.07, 6.45) is 5.67. The Kier molecular flexibility index (Phi) is 8.99. The molecule has 0 unspecified atom stereocenters. The maximum absolute atomic E-state index is 9.83. The van der Waals surface area contributed by atoms with Crippen LogP contribution in [0.4, 0.5) is 0 Å². The van der Waals surface area contributed by atoms with Gasteiger partial charge in [0.05, 0.1) is 6.07 Å². The molecule has 0 spiro atoms. The molecule has 1 aromatic carbocycles. The molecule has 0 heterocycles. The van der Waals surface area contributed by atoms with Gasteiger partial charge in [0.1, 0.15) is 0 Å². The summed E-state index contributed by atoms with van der Waals surface area (Å²) >= 11 is 0. The van der Waals surface area contributed by atoms with Crippen LogP contribution in [0.2, 0.25) is 0 Å².